The first-order chi connectivity index (χ1) is 8.81. The third kappa shape index (κ3) is 6.27. The van der Waals surface area contributed by atoms with Crippen molar-refractivity contribution in [2.45, 2.75) is 26.7 Å². The monoisotopic (exact) mass is 305 g/mol. The Bertz CT molecular complexity index is 517. The van der Waals surface area contributed by atoms with E-state index in [2.05, 4.69) is 0 Å². The number of halogens is 1. The SMILES string of the molecule is CCCC(COc1cc(Cl)ccc1C)CS(N)(=O)=O. The number of rotatable bonds is 7. The lowest BCUT2D eigenvalue weighted by Gasteiger charge is -2.17. The highest BCUT2D eigenvalue weighted by atomic mass is 35.5. The average Bonchev–Trinajstić information content (AvgIpc) is 2.28. The van der Waals surface area contributed by atoms with Crippen molar-refractivity contribution >= 4 is 21.6 Å². The summed E-state index contributed by atoms with van der Waals surface area (Å²) in [5.74, 6) is 0.530. The predicted octanol–water partition coefficient (Wildman–Crippen LogP) is 2.73. The predicted molar refractivity (Wildman–Crippen MR) is 78.1 cm³/mol. The number of hydrogen-bond donors (Lipinski definition) is 1. The van der Waals surface area contributed by atoms with Gasteiger partial charge in [-0.15, -0.1) is 0 Å². The van der Waals surface area contributed by atoms with Crippen LogP contribution in [0.25, 0.3) is 0 Å². The third-order valence-electron chi connectivity index (χ3n) is 2.79. The second-order valence-corrected chi connectivity index (χ2v) is 6.80. The lowest BCUT2D eigenvalue weighted by atomic mass is 10.1. The lowest BCUT2D eigenvalue weighted by Crippen LogP contribution is -2.27. The normalized spacial score (nSPS) is 13.3. The Morgan fingerprint density at radius 1 is 1.42 bits per heavy atom. The fourth-order valence-corrected chi connectivity index (χ4v) is 2.97. The number of primary sulfonamides is 1. The zero-order chi connectivity index (χ0) is 14.5. The first kappa shape index (κ1) is 16.3. The minimum atomic E-state index is -3.47. The van der Waals surface area contributed by atoms with Crippen LogP contribution in [0.5, 0.6) is 5.75 Å². The lowest BCUT2D eigenvalue weighted by molar-refractivity contribution is 0.251. The molecule has 6 heteroatoms. The van der Waals surface area contributed by atoms with Gasteiger partial charge < -0.3 is 4.74 Å². The van der Waals surface area contributed by atoms with Gasteiger partial charge in [-0.25, -0.2) is 13.6 Å². The molecule has 0 fully saturated rings. The molecule has 108 valence electrons. The molecule has 0 aromatic heterocycles. The van der Waals surface area contributed by atoms with Gasteiger partial charge >= 0.3 is 0 Å². The maximum absolute atomic E-state index is 11.1. The highest BCUT2D eigenvalue weighted by Gasteiger charge is 2.16. The molecule has 0 amide bonds. The van der Waals surface area contributed by atoms with Crippen LogP contribution in [0.4, 0.5) is 0 Å². The molecule has 0 heterocycles. The first-order valence-electron chi connectivity index (χ1n) is 6.21. The molecule has 0 spiro atoms. The van der Waals surface area contributed by atoms with Gasteiger partial charge in [-0.1, -0.05) is 31.0 Å². The molecule has 1 aromatic carbocycles. The quantitative estimate of drug-likeness (QED) is 0.842. The Morgan fingerprint density at radius 3 is 2.68 bits per heavy atom. The highest BCUT2D eigenvalue weighted by molar-refractivity contribution is 7.89. The maximum Gasteiger partial charge on any atom is 0.209 e. The van der Waals surface area contributed by atoms with E-state index in [9.17, 15) is 8.42 Å². The van der Waals surface area contributed by atoms with Crippen molar-refractivity contribution in [1.82, 2.24) is 0 Å². The standard InChI is InChI=1S/C13H20ClNO3S/c1-3-4-11(9-19(15,16)17)8-18-13-7-12(14)6-5-10(13)2/h5-7,11H,3-4,8-9H2,1-2H3,(H2,15,16,17). The van der Waals surface area contributed by atoms with Crippen LogP contribution in [0.3, 0.4) is 0 Å². The number of aryl methyl sites for hydroxylation is 1. The van der Waals surface area contributed by atoms with Crippen molar-refractivity contribution in [2.24, 2.45) is 11.1 Å². The fourth-order valence-electron chi connectivity index (χ4n) is 1.89. The molecular formula is C13H20ClNO3S. The van der Waals surface area contributed by atoms with Crippen molar-refractivity contribution < 1.29 is 13.2 Å². The van der Waals surface area contributed by atoms with Crippen molar-refractivity contribution in [3.63, 3.8) is 0 Å². The smallest absolute Gasteiger partial charge is 0.209 e. The van der Waals surface area contributed by atoms with E-state index in [-0.39, 0.29) is 11.7 Å². The molecule has 4 nitrogen and oxygen atoms in total. The number of benzene rings is 1. The van der Waals surface area contributed by atoms with E-state index < -0.39 is 10.0 Å². The molecule has 0 aliphatic carbocycles. The molecule has 0 saturated heterocycles. The van der Waals surface area contributed by atoms with Crippen molar-refractivity contribution in [3.05, 3.63) is 28.8 Å². The minimum Gasteiger partial charge on any atom is -0.493 e. The van der Waals surface area contributed by atoms with Crippen LogP contribution in [0.1, 0.15) is 25.3 Å². The molecule has 0 radical (unpaired) electrons. The zero-order valence-electron chi connectivity index (χ0n) is 11.2. The van der Waals surface area contributed by atoms with Crippen LogP contribution >= 0.6 is 11.6 Å². The van der Waals surface area contributed by atoms with Gasteiger partial charge in [0.05, 0.1) is 12.4 Å². The van der Waals surface area contributed by atoms with Crippen molar-refractivity contribution in [2.75, 3.05) is 12.4 Å². The number of ether oxygens (including phenoxy) is 1. The fraction of sp³-hybridized carbons (Fsp3) is 0.538. The van der Waals surface area contributed by atoms with Crippen LogP contribution in [0.15, 0.2) is 18.2 Å². The molecule has 1 atom stereocenters. The van der Waals surface area contributed by atoms with Gasteiger partial charge in [-0.05, 0) is 31.0 Å². The third-order valence-corrected chi connectivity index (χ3v) is 3.96. The molecule has 0 aliphatic heterocycles. The maximum atomic E-state index is 11.1. The number of hydrogen-bond acceptors (Lipinski definition) is 3. The Hall–Kier alpha value is -0.780. The number of nitrogens with two attached hydrogens (primary N) is 1. The number of sulfonamides is 1. The van der Waals surface area contributed by atoms with E-state index in [4.69, 9.17) is 21.5 Å². The average molecular weight is 306 g/mol. The van der Waals surface area contributed by atoms with Crippen molar-refractivity contribution in [3.8, 4) is 5.75 Å². The Morgan fingerprint density at radius 2 is 2.11 bits per heavy atom. The van der Waals surface area contributed by atoms with Crippen LogP contribution < -0.4 is 9.88 Å². The van der Waals surface area contributed by atoms with Crippen LogP contribution in [-0.2, 0) is 10.0 Å². The summed E-state index contributed by atoms with van der Waals surface area (Å²) in [6.07, 6.45) is 1.65. The summed E-state index contributed by atoms with van der Waals surface area (Å²) in [6.45, 7) is 4.24. The molecule has 0 bridgehead atoms. The van der Waals surface area contributed by atoms with Crippen LogP contribution in [0, 0.1) is 12.8 Å². The van der Waals surface area contributed by atoms with Gasteiger partial charge in [-0.3, -0.25) is 0 Å². The Labute approximate surface area is 120 Å². The van der Waals surface area contributed by atoms with E-state index in [1.807, 2.05) is 19.9 Å². The molecule has 1 unspecified atom stereocenters. The molecular weight excluding hydrogens is 286 g/mol. The van der Waals surface area contributed by atoms with E-state index >= 15 is 0 Å². The molecule has 0 aliphatic rings. The van der Waals surface area contributed by atoms with Gasteiger partial charge in [0, 0.05) is 10.9 Å². The molecule has 0 saturated carbocycles. The van der Waals surface area contributed by atoms with E-state index in [0.717, 1.165) is 18.4 Å². The van der Waals surface area contributed by atoms with Crippen LogP contribution in [-0.4, -0.2) is 20.8 Å². The second-order valence-electron chi connectivity index (χ2n) is 4.71. The van der Waals surface area contributed by atoms with Gasteiger partial charge in [-0.2, -0.15) is 0 Å². The minimum absolute atomic E-state index is 0.0551. The van der Waals surface area contributed by atoms with Gasteiger partial charge in [0.2, 0.25) is 10.0 Å². The largest absolute Gasteiger partial charge is 0.493 e. The van der Waals surface area contributed by atoms with E-state index in [1.165, 1.54) is 0 Å². The topological polar surface area (TPSA) is 69.4 Å². The summed E-state index contributed by atoms with van der Waals surface area (Å²) in [4.78, 5) is 0. The van der Waals surface area contributed by atoms with Gasteiger partial charge in [0.25, 0.3) is 0 Å². The highest BCUT2D eigenvalue weighted by Crippen LogP contribution is 2.23. The molecule has 1 aromatic rings. The summed E-state index contributed by atoms with van der Waals surface area (Å²) in [6, 6.07) is 5.39. The van der Waals surface area contributed by atoms with Crippen LogP contribution in [0.2, 0.25) is 5.02 Å². The molecule has 2 N–H and O–H groups in total. The van der Waals surface area contributed by atoms with Gasteiger partial charge in [0.1, 0.15) is 5.75 Å². The Kier molecular flexibility index (Phi) is 6.10. The van der Waals surface area contributed by atoms with E-state index in [1.54, 1.807) is 12.1 Å². The van der Waals surface area contributed by atoms with E-state index in [0.29, 0.717) is 17.4 Å². The zero-order valence-corrected chi connectivity index (χ0v) is 12.8. The Balaban J connectivity index is 2.68. The second kappa shape index (κ2) is 7.12. The summed E-state index contributed by atoms with van der Waals surface area (Å²) < 4.78 is 28.0. The first-order valence-corrected chi connectivity index (χ1v) is 8.30. The van der Waals surface area contributed by atoms with Crippen molar-refractivity contribution in [1.29, 1.82) is 0 Å². The molecule has 1 rings (SSSR count). The summed E-state index contributed by atoms with van der Waals surface area (Å²) in [7, 11) is -3.47. The summed E-state index contributed by atoms with van der Waals surface area (Å²) in [5.41, 5.74) is 0.968. The summed E-state index contributed by atoms with van der Waals surface area (Å²) >= 11 is 5.90. The van der Waals surface area contributed by atoms with Gasteiger partial charge in [0.15, 0.2) is 0 Å². The summed E-state index contributed by atoms with van der Waals surface area (Å²) in [5, 5.41) is 5.68. The molecule has 19 heavy (non-hydrogen) atoms.